The molecule has 0 bridgehead atoms. The molecule has 4 nitrogen and oxygen atoms in total. The third-order valence-electron chi connectivity index (χ3n) is 9.13. The fourth-order valence-electron chi connectivity index (χ4n) is 5.75. The summed E-state index contributed by atoms with van der Waals surface area (Å²) in [6.07, 6.45) is 5.24. The van der Waals surface area contributed by atoms with Gasteiger partial charge in [0.2, 0.25) is 0 Å². The van der Waals surface area contributed by atoms with E-state index in [2.05, 4.69) is 134 Å². The third kappa shape index (κ3) is 9.39. The Labute approximate surface area is 265 Å². The first-order valence-corrected chi connectivity index (χ1v) is 21.1. The molecule has 1 aliphatic heterocycles. The van der Waals surface area contributed by atoms with Crippen molar-refractivity contribution in [2.24, 2.45) is 0 Å². The maximum Gasteiger partial charge on any atom is 0.261 e. The van der Waals surface area contributed by atoms with Gasteiger partial charge in [-0.3, -0.25) is 0 Å². The normalized spacial score (nSPS) is 20.0. The van der Waals surface area contributed by atoms with Crippen LogP contribution in [0.1, 0.15) is 94.4 Å². The van der Waals surface area contributed by atoms with Crippen LogP contribution in [-0.4, -0.2) is 47.3 Å². The molecule has 43 heavy (non-hydrogen) atoms. The maximum atomic E-state index is 7.27. The van der Waals surface area contributed by atoms with Crippen LogP contribution >= 0.6 is 0 Å². The summed E-state index contributed by atoms with van der Waals surface area (Å²) in [5.74, 6) is 5.96. The van der Waals surface area contributed by atoms with Gasteiger partial charge in [-0.15, -0.1) is 0 Å². The van der Waals surface area contributed by atoms with Crippen molar-refractivity contribution in [2.75, 3.05) is 6.61 Å². The fraction of sp³-hybridized carbons (Fsp3) is 0.622. The standard InChI is InChI=1S/C37H58O4Si2/c1-30(41-43(36(5,6)7,31-23-16-13-17-24-31)32-25-18-14-19-26-32)22-15-12-20-27-33-34(40-37(8,9)39-33)28-21-29-38-42(10,11)35(2,3)4/h13-14,16-19,23-26,30,33-34H,12,15,20,22,27,29H2,1-11H3/t30-,33-,34-/m1/s1. The zero-order valence-electron chi connectivity index (χ0n) is 28.9. The van der Waals surface area contributed by atoms with E-state index in [0.29, 0.717) is 6.61 Å². The molecule has 3 atom stereocenters. The highest BCUT2D eigenvalue weighted by atomic mass is 28.4. The predicted molar refractivity (Wildman–Crippen MR) is 186 cm³/mol. The van der Waals surface area contributed by atoms with Crippen LogP contribution in [0.2, 0.25) is 23.2 Å². The Morgan fingerprint density at radius 3 is 1.88 bits per heavy atom. The van der Waals surface area contributed by atoms with Gasteiger partial charge in [0.15, 0.2) is 14.1 Å². The average Bonchev–Trinajstić information content (AvgIpc) is 3.22. The molecular formula is C37H58O4Si2. The molecule has 0 unspecified atom stereocenters. The van der Waals surface area contributed by atoms with Crippen molar-refractivity contribution >= 4 is 27.0 Å². The van der Waals surface area contributed by atoms with Gasteiger partial charge < -0.3 is 18.3 Å². The molecular weight excluding hydrogens is 565 g/mol. The van der Waals surface area contributed by atoms with Gasteiger partial charge in [0, 0.05) is 6.10 Å². The number of ether oxygens (including phenoxy) is 2. The number of hydrogen-bond donors (Lipinski definition) is 0. The summed E-state index contributed by atoms with van der Waals surface area (Å²) in [5.41, 5.74) is 0. The van der Waals surface area contributed by atoms with Gasteiger partial charge in [0.05, 0.1) is 12.7 Å². The zero-order valence-corrected chi connectivity index (χ0v) is 30.9. The summed E-state index contributed by atoms with van der Waals surface area (Å²) in [6.45, 7) is 25.0. The molecule has 238 valence electrons. The molecule has 1 fully saturated rings. The Morgan fingerprint density at radius 2 is 1.37 bits per heavy atom. The molecule has 1 aliphatic rings. The van der Waals surface area contributed by atoms with E-state index < -0.39 is 22.4 Å². The molecule has 0 saturated carbocycles. The third-order valence-corrected chi connectivity index (χ3v) is 18.8. The first kappa shape index (κ1) is 35.7. The highest BCUT2D eigenvalue weighted by Gasteiger charge is 2.51. The minimum absolute atomic E-state index is 0.0116. The quantitative estimate of drug-likeness (QED) is 0.135. The van der Waals surface area contributed by atoms with Gasteiger partial charge in [0.1, 0.15) is 6.10 Å². The van der Waals surface area contributed by atoms with Crippen LogP contribution in [0.4, 0.5) is 0 Å². The lowest BCUT2D eigenvalue weighted by atomic mass is 10.0. The lowest BCUT2D eigenvalue weighted by molar-refractivity contribution is -0.143. The first-order valence-electron chi connectivity index (χ1n) is 16.3. The molecule has 1 saturated heterocycles. The van der Waals surface area contributed by atoms with E-state index in [1.165, 1.54) is 10.4 Å². The van der Waals surface area contributed by atoms with E-state index in [1.54, 1.807) is 0 Å². The molecule has 2 aromatic carbocycles. The van der Waals surface area contributed by atoms with Crippen molar-refractivity contribution in [3.05, 3.63) is 60.7 Å². The highest BCUT2D eigenvalue weighted by Crippen LogP contribution is 2.38. The van der Waals surface area contributed by atoms with E-state index in [-0.39, 0.29) is 28.4 Å². The van der Waals surface area contributed by atoms with Crippen LogP contribution in [-0.2, 0) is 18.3 Å². The number of rotatable bonds is 12. The van der Waals surface area contributed by atoms with Crippen LogP contribution in [0.15, 0.2) is 60.7 Å². The van der Waals surface area contributed by atoms with Crippen molar-refractivity contribution in [1.82, 2.24) is 0 Å². The smallest absolute Gasteiger partial charge is 0.261 e. The van der Waals surface area contributed by atoms with E-state index in [9.17, 15) is 0 Å². The second-order valence-corrected chi connectivity index (χ2v) is 24.3. The number of benzene rings is 2. The molecule has 0 radical (unpaired) electrons. The van der Waals surface area contributed by atoms with Crippen LogP contribution in [0.3, 0.4) is 0 Å². The van der Waals surface area contributed by atoms with Crippen molar-refractivity contribution < 1.29 is 18.3 Å². The van der Waals surface area contributed by atoms with Gasteiger partial charge in [-0.1, -0.05) is 133 Å². The highest BCUT2D eigenvalue weighted by molar-refractivity contribution is 6.99. The van der Waals surface area contributed by atoms with Gasteiger partial charge in [-0.2, -0.15) is 0 Å². The molecule has 0 aromatic heterocycles. The van der Waals surface area contributed by atoms with Crippen LogP contribution < -0.4 is 10.4 Å². The van der Waals surface area contributed by atoms with Gasteiger partial charge in [-0.25, -0.2) is 0 Å². The molecule has 6 heteroatoms. The van der Waals surface area contributed by atoms with E-state index in [0.717, 1.165) is 32.1 Å². The summed E-state index contributed by atoms with van der Waals surface area (Å²) in [7, 11) is -4.34. The maximum absolute atomic E-state index is 7.27. The van der Waals surface area contributed by atoms with Crippen LogP contribution in [0.25, 0.3) is 0 Å². The minimum atomic E-state index is -2.53. The second kappa shape index (κ2) is 14.6. The Hall–Kier alpha value is -1.73. The Kier molecular flexibility index (Phi) is 12.1. The van der Waals surface area contributed by atoms with E-state index >= 15 is 0 Å². The summed E-state index contributed by atoms with van der Waals surface area (Å²) < 4.78 is 26.0. The lowest BCUT2D eigenvalue weighted by Crippen LogP contribution is -2.67. The number of unbranched alkanes of at least 4 members (excludes halogenated alkanes) is 2. The zero-order chi connectivity index (χ0) is 31.9. The first-order chi connectivity index (χ1) is 20.0. The predicted octanol–water partition coefficient (Wildman–Crippen LogP) is 8.45. The van der Waals surface area contributed by atoms with Crippen molar-refractivity contribution in [3.63, 3.8) is 0 Å². The molecule has 0 aliphatic carbocycles. The molecule has 0 spiro atoms. The van der Waals surface area contributed by atoms with Crippen molar-refractivity contribution in [2.45, 2.75) is 142 Å². The Balaban J connectivity index is 1.57. The van der Waals surface area contributed by atoms with Gasteiger partial charge in [-0.05, 0) is 67.2 Å². The van der Waals surface area contributed by atoms with Crippen LogP contribution in [0, 0.1) is 11.8 Å². The lowest BCUT2D eigenvalue weighted by Gasteiger charge is -2.44. The molecule has 3 rings (SSSR count). The summed E-state index contributed by atoms with van der Waals surface area (Å²) in [6, 6.07) is 21.8. The SMILES string of the molecule is C[C@H](CCCCC[C@H]1OC(C)(C)O[C@@H]1C#CCO[Si](C)(C)C(C)(C)C)O[Si](c1ccccc1)(c1ccccc1)C(C)(C)C. The van der Waals surface area contributed by atoms with Crippen molar-refractivity contribution in [3.8, 4) is 11.8 Å². The molecule has 0 N–H and O–H groups in total. The second-order valence-electron chi connectivity index (χ2n) is 15.2. The molecule has 2 aromatic rings. The fourth-order valence-corrected chi connectivity index (χ4v) is 11.4. The topological polar surface area (TPSA) is 36.9 Å². The number of hydrogen-bond acceptors (Lipinski definition) is 4. The van der Waals surface area contributed by atoms with E-state index in [4.69, 9.17) is 18.3 Å². The van der Waals surface area contributed by atoms with Gasteiger partial charge >= 0.3 is 0 Å². The molecule has 0 amide bonds. The summed E-state index contributed by atoms with van der Waals surface area (Å²) in [4.78, 5) is 0. The summed E-state index contributed by atoms with van der Waals surface area (Å²) >= 11 is 0. The Morgan fingerprint density at radius 1 is 0.814 bits per heavy atom. The van der Waals surface area contributed by atoms with Crippen molar-refractivity contribution in [1.29, 1.82) is 0 Å². The Bertz CT molecular complexity index is 1150. The van der Waals surface area contributed by atoms with Crippen LogP contribution in [0.5, 0.6) is 0 Å². The molecule has 1 heterocycles. The minimum Gasteiger partial charge on any atom is -0.406 e. The summed E-state index contributed by atoms with van der Waals surface area (Å²) in [5, 5.41) is 2.84. The monoisotopic (exact) mass is 622 g/mol. The largest absolute Gasteiger partial charge is 0.406 e. The average molecular weight is 623 g/mol. The van der Waals surface area contributed by atoms with Gasteiger partial charge in [0.25, 0.3) is 8.32 Å². The van der Waals surface area contributed by atoms with E-state index in [1.807, 2.05) is 13.8 Å².